The van der Waals surface area contributed by atoms with Gasteiger partial charge in [0, 0.05) is 37.8 Å². The molecule has 4 unspecified atom stereocenters. The summed E-state index contributed by atoms with van der Waals surface area (Å²) < 4.78 is 11.1. The van der Waals surface area contributed by atoms with E-state index in [2.05, 4.69) is 5.32 Å². The molecule has 0 bridgehead atoms. The predicted octanol–water partition coefficient (Wildman–Crippen LogP) is -1.26. The van der Waals surface area contributed by atoms with E-state index in [9.17, 15) is 34.2 Å². The van der Waals surface area contributed by atoms with Crippen LogP contribution in [-0.4, -0.2) is 103 Å². The Bertz CT molecular complexity index is 1340. The number of aromatic hydroxyl groups is 1. The smallest absolute Gasteiger partial charge is 0.235 e. The highest BCUT2D eigenvalue weighted by Crippen LogP contribution is 2.52. The number of ketones is 4. The number of amides is 1. The normalized spacial score (nSPS) is 34.9. The van der Waals surface area contributed by atoms with E-state index in [1.165, 1.54) is 4.90 Å². The molecule has 1 aromatic carbocycles. The molecule has 0 spiro atoms. The van der Waals surface area contributed by atoms with Crippen LogP contribution in [0.1, 0.15) is 34.8 Å². The third-order valence-electron chi connectivity index (χ3n) is 8.90. The van der Waals surface area contributed by atoms with Crippen molar-refractivity contribution in [3.63, 3.8) is 0 Å². The number of aliphatic hydroxyl groups is 1. The minimum atomic E-state index is -2.76. The van der Waals surface area contributed by atoms with E-state index in [1.807, 2.05) is 6.92 Å². The third kappa shape index (κ3) is 4.38. The number of nitrogens with one attached hydrogen (secondary N) is 1. The second-order valence-electron chi connectivity index (χ2n) is 11.9. The SMILES string of the molecule is CC1COC(NCc2cc(N(C)C)c3c(c2O)C(=O)C2C(=O)[C@]4(O)C(=O)C(C(N)=O)C(=O)[C@@H](N(C)C)[C@@H]4C[C@@H]2C3)O1. The molecule has 1 heterocycles. The molecular weight excluding hydrogens is 536 g/mol. The predicted molar refractivity (Wildman–Crippen MR) is 143 cm³/mol. The number of nitrogens with zero attached hydrogens (tertiary/aromatic N) is 2. The number of carbonyl (C=O) groups excluding carboxylic acids is 5. The van der Waals surface area contributed by atoms with E-state index in [0.29, 0.717) is 23.4 Å². The van der Waals surface area contributed by atoms with Crippen molar-refractivity contribution in [2.45, 2.75) is 50.5 Å². The summed E-state index contributed by atoms with van der Waals surface area (Å²) in [6.07, 6.45) is -0.619. The van der Waals surface area contributed by atoms with Crippen LogP contribution in [0.15, 0.2) is 6.07 Å². The third-order valence-corrected chi connectivity index (χ3v) is 8.90. The molecule has 1 aromatic rings. The van der Waals surface area contributed by atoms with E-state index in [-0.39, 0.29) is 36.8 Å². The lowest BCUT2D eigenvalue weighted by atomic mass is 9.52. The molecule has 13 heteroatoms. The fraction of sp³-hybridized carbons (Fsp3) is 0.607. The van der Waals surface area contributed by atoms with Gasteiger partial charge in [-0.2, -0.15) is 0 Å². The summed E-state index contributed by atoms with van der Waals surface area (Å²) in [6.45, 7) is 2.35. The highest BCUT2D eigenvalue weighted by atomic mass is 16.7. The first kappa shape index (κ1) is 29.3. The molecule has 13 nitrogen and oxygen atoms in total. The van der Waals surface area contributed by atoms with Gasteiger partial charge in [-0.05, 0) is 51.4 Å². The summed E-state index contributed by atoms with van der Waals surface area (Å²) >= 11 is 0. The molecule has 222 valence electrons. The Kier molecular flexibility index (Phi) is 7.31. The van der Waals surface area contributed by atoms with Crippen molar-refractivity contribution < 1.29 is 43.7 Å². The molecule has 5 rings (SSSR count). The van der Waals surface area contributed by atoms with Crippen LogP contribution in [0, 0.1) is 23.7 Å². The first-order valence-corrected chi connectivity index (χ1v) is 13.6. The zero-order valence-electron chi connectivity index (χ0n) is 23.7. The molecule has 8 atom stereocenters. The molecule has 5 N–H and O–H groups in total. The van der Waals surface area contributed by atoms with Gasteiger partial charge in [-0.3, -0.25) is 34.2 Å². The molecule has 0 radical (unpaired) electrons. The van der Waals surface area contributed by atoms with Crippen LogP contribution in [0.2, 0.25) is 0 Å². The van der Waals surface area contributed by atoms with Gasteiger partial charge in [0.1, 0.15) is 5.75 Å². The van der Waals surface area contributed by atoms with Crippen LogP contribution in [0.3, 0.4) is 0 Å². The highest BCUT2D eigenvalue weighted by molar-refractivity contribution is 6.32. The minimum absolute atomic E-state index is 0.00459. The number of nitrogens with two attached hydrogens (primary N) is 1. The van der Waals surface area contributed by atoms with Gasteiger partial charge in [-0.25, -0.2) is 0 Å². The Morgan fingerprint density at radius 3 is 2.41 bits per heavy atom. The number of anilines is 1. The Morgan fingerprint density at radius 1 is 1.17 bits per heavy atom. The number of Topliss-reactive ketones (excluding diaryl/α,β-unsaturated/α-hetero) is 4. The first-order valence-electron chi connectivity index (χ1n) is 13.6. The summed E-state index contributed by atoms with van der Waals surface area (Å²) in [6, 6.07) is 0.608. The number of hydrogen-bond acceptors (Lipinski definition) is 12. The van der Waals surface area contributed by atoms with E-state index >= 15 is 0 Å². The maximum atomic E-state index is 14.1. The number of primary amides is 1. The number of likely N-dealkylation sites (N-methyl/N-ethyl adjacent to an activating group) is 1. The number of phenols is 1. The van der Waals surface area contributed by atoms with Gasteiger partial charge >= 0.3 is 0 Å². The van der Waals surface area contributed by atoms with Gasteiger partial charge < -0.3 is 30.3 Å². The average molecular weight is 573 g/mol. The van der Waals surface area contributed by atoms with Gasteiger partial charge in [-0.1, -0.05) is 0 Å². The number of hydrogen-bond donors (Lipinski definition) is 4. The molecule has 4 aliphatic rings. The lowest BCUT2D eigenvalue weighted by molar-refractivity contribution is -0.181. The number of benzene rings is 1. The van der Waals surface area contributed by atoms with Crippen LogP contribution in [0.4, 0.5) is 5.69 Å². The van der Waals surface area contributed by atoms with Gasteiger partial charge in [0.2, 0.25) is 12.3 Å². The highest BCUT2D eigenvalue weighted by Gasteiger charge is 2.69. The molecule has 1 aliphatic heterocycles. The summed E-state index contributed by atoms with van der Waals surface area (Å²) in [4.78, 5) is 70.2. The van der Waals surface area contributed by atoms with E-state index in [4.69, 9.17) is 15.2 Å². The quantitative estimate of drug-likeness (QED) is 0.297. The van der Waals surface area contributed by atoms with Crippen LogP contribution in [-0.2, 0) is 41.6 Å². The van der Waals surface area contributed by atoms with Crippen molar-refractivity contribution in [1.29, 1.82) is 0 Å². The summed E-state index contributed by atoms with van der Waals surface area (Å²) in [7, 11) is 6.69. The van der Waals surface area contributed by atoms with Crippen molar-refractivity contribution in [2.75, 3.05) is 39.7 Å². The van der Waals surface area contributed by atoms with Gasteiger partial charge in [0.05, 0.1) is 30.2 Å². The van der Waals surface area contributed by atoms with Crippen molar-refractivity contribution >= 4 is 34.7 Å². The van der Waals surface area contributed by atoms with Crippen LogP contribution in [0.25, 0.3) is 0 Å². The summed E-state index contributed by atoms with van der Waals surface area (Å²) in [5, 5.41) is 26.1. The zero-order chi connectivity index (χ0) is 30.1. The first-order chi connectivity index (χ1) is 19.2. The molecule has 3 aliphatic carbocycles. The maximum Gasteiger partial charge on any atom is 0.235 e. The second-order valence-corrected chi connectivity index (χ2v) is 11.9. The molecule has 41 heavy (non-hydrogen) atoms. The largest absolute Gasteiger partial charge is 0.507 e. The molecule has 1 saturated heterocycles. The number of carbonyl (C=O) groups is 5. The van der Waals surface area contributed by atoms with Gasteiger partial charge in [0.15, 0.2) is 34.7 Å². The Morgan fingerprint density at radius 2 is 1.85 bits per heavy atom. The fourth-order valence-corrected chi connectivity index (χ4v) is 7.05. The van der Waals surface area contributed by atoms with Crippen molar-refractivity contribution in [2.24, 2.45) is 29.4 Å². The van der Waals surface area contributed by atoms with E-state index < -0.39 is 70.8 Å². The Balaban J connectivity index is 1.57. The maximum absolute atomic E-state index is 14.1. The van der Waals surface area contributed by atoms with E-state index in [0.717, 1.165) is 0 Å². The molecule has 0 aromatic heterocycles. The number of fused-ring (bicyclic) bond motifs is 3. The lowest BCUT2D eigenvalue weighted by Gasteiger charge is -2.52. The summed E-state index contributed by atoms with van der Waals surface area (Å²) in [5.41, 5.74) is 4.12. The second kappa shape index (κ2) is 10.2. The van der Waals surface area contributed by atoms with E-state index in [1.54, 1.807) is 39.2 Å². The average Bonchev–Trinajstić information content (AvgIpc) is 3.30. The minimum Gasteiger partial charge on any atom is -0.507 e. The number of phenolic OH excluding ortho intramolecular Hbond substituents is 1. The summed E-state index contributed by atoms with van der Waals surface area (Å²) in [5.74, 6) is -10.7. The van der Waals surface area contributed by atoms with Crippen LogP contribution >= 0.6 is 0 Å². The fourth-order valence-electron chi connectivity index (χ4n) is 7.05. The lowest BCUT2D eigenvalue weighted by Crippen LogP contribution is -2.74. The Labute approximate surface area is 236 Å². The molecule has 2 saturated carbocycles. The van der Waals surface area contributed by atoms with Crippen LogP contribution in [0.5, 0.6) is 5.75 Å². The molecule has 3 fully saturated rings. The molecule has 1 amide bonds. The van der Waals surface area contributed by atoms with Gasteiger partial charge in [-0.15, -0.1) is 0 Å². The topological polar surface area (TPSA) is 189 Å². The van der Waals surface area contributed by atoms with Crippen LogP contribution < -0.4 is 16.0 Å². The van der Waals surface area contributed by atoms with Gasteiger partial charge in [0.25, 0.3) is 0 Å². The van der Waals surface area contributed by atoms with Crippen molar-refractivity contribution in [1.82, 2.24) is 10.2 Å². The Hall–Kier alpha value is -3.23. The number of ether oxygens (including phenoxy) is 2. The number of rotatable bonds is 6. The molecular formula is C28H36N4O9. The zero-order valence-corrected chi connectivity index (χ0v) is 23.7. The van der Waals surface area contributed by atoms with Crippen molar-refractivity contribution in [3.05, 3.63) is 22.8 Å². The standard InChI is InChI=1S/C28H36N4O9/c1-11-10-40-27(41-11)30-9-13-8-16(31(2)3)14-6-12-7-15-20(32(4)5)23(35)19(26(29)38)25(37)28(15,39)24(36)17(12)22(34)18(14)21(13)33/h8,11-12,15,17,19-20,27,30,33,39H,6-7,9-10H2,1-5H3,(H2,29,38)/t11?,12-,15-,17?,19?,20-,27?,28-/m0/s1. The van der Waals surface area contributed by atoms with Crippen molar-refractivity contribution in [3.8, 4) is 5.75 Å². The monoisotopic (exact) mass is 572 g/mol.